The lowest BCUT2D eigenvalue weighted by Crippen LogP contribution is -2.44. The smallest absolute Gasteiger partial charge is 0.107 e. The molecule has 3 atom stereocenters. The second-order valence-electron chi connectivity index (χ2n) is 4.96. The molecule has 0 amide bonds. The number of nitrogens with zero attached hydrogens (tertiary/aromatic N) is 1. The van der Waals surface area contributed by atoms with Crippen LogP contribution in [0.1, 0.15) is 59.3 Å². The molecular weight excluding hydrogens is 186 g/mol. The maximum atomic E-state index is 10.0. The molecule has 3 unspecified atom stereocenters. The van der Waals surface area contributed by atoms with Crippen LogP contribution in [0, 0.1) is 5.92 Å². The van der Waals surface area contributed by atoms with E-state index in [0.29, 0.717) is 6.04 Å². The molecule has 1 aliphatic rings. The molecule has 0 saturated heterocycles. The molecule has 2 nitrogen and oxygen atoms in total. The standard InChI is InChI=1S/C13H27NO/c1-4-6-10-14(13(15)5-2)12-9-7-8-11(12)3/h11-13,15H,4-10H2,1-3H3. The average Bonchev–Trinajstić information content (AvgIpc) is 2.65. The fourth-order valence-electron chi connectivity index (χ4n) is 2.73. The number of rotatable bonds is 6. The van der Waals surface area contributed by atoms with Crippen molar-refractivity contribution < 1.29 is 5.11 Å². The van der Waals surface area contributed by atoms with Gasteiger partial charge < -0.3 is 5.11 Å². The van der Waals surface area contributed by atoms with E-state index in [1.165, 1.54) is 32.1 Å². The van der Waals surface area contributed by atoms with Crippen LogP contribution >= 0.6 is 0 Å². The number of unbranched alkanes of at least 4 members (excludes halogenated alkanes) is 1. The minimum atomic E-state index is -0.220. The number of aliphatic hydroxyl groups is 1. The average molecular weight is 213 g/mol. The van der Waals surface area contributed by atoms with Gasteiger partial charge in [0.1, 0.15) is 6.23 Å². The predicted molar refractivity (Wildman–Crippen MR) is 64.7 cm³/mol. The third-order valence-electron chi connectivity index (χ3n) is 3.76. The Morgan fingerprint density at radius 2 is 2.07 bits per heavy atom. The van der Waals surface area contributed by atoms with Crippen LogP contribution in [0.25, 0.3) is 0 Å². The second-order valence-corrected chi connectivity index (χ2v) is 4.96. The normalized spacial score (nSPS) is 28.6. The molecule has 1 rings (SSSR count). The first-order chi connectivity index (χ1) is 7.20. The van der Waals surface area contributed by atoms with Crippen molar-refractivity contribution in [3.8, 4) is 0 Å². The Morgan fingerprint density at radius 1 is 1.33 bits per heavy atom. The zero-order chi connectivity index (χ0) is 11.3. The monoisotopic (exact) mass is 213 g/mol. The summed E-state index contributed by atoms with van der Waals surface area (Å²) in [6, 6.07) is 0.631. The lowest BCUT2D eigenvalue weighted by atomic mass is 10.0. The van der Waals surface area contributed by atoms with Crippen molar-refractivity contribution in [3.63, 3.8) is 0 Å². The van der Waals surface area contributed by atoms with Gasteiger partial charge in [-0.25, -0.2) is 0 Å². The molecule has 15 heavy (non-hydrogen) atoms. The van der Waals surface area contributed by atoms with Crippen molar-refractivity contribution in [1.29, 1.82) is 0 Å². The SMILES string of the molecule is CCCCN(C(O)CC)C1CCCC1C. The van der Waals surface area contributed by atoms with E-state index in [0.717, 1.165) is 18.9 Å². The summed E-state index contributed by atoms with van der Waals surface area (Å²) in [5.74, 6) is 0.767. The molecule has 1 N–H and O–H groups in total. The molecule has 1 aliphatic carbocycles. The summed E-state index contributed by atoms with van der Waals surface area (Å²) in [6.45, 7) is 7.69. The molecule has 0 aromatic heterocycles. The van der Waals surface area contributed by atoms with E-state index in [4.69, 9.17) is 0 Å². The van der Waals surface area contributed by atoms with Gasteiger partial charge in [-0.3, -0.25) is 4.90 Å². The summed E-state index contributed by atoms with van der Waals surface area (Å²) in [4.78, 5) is 2.35. The van der Waals surface area contributed by atoms with Gasteiger partial charge in [0.25, 0.3) is 0 Å². The maximum Gasteiger partial charge on any atom is 0.107 e. The first kappa shape index (κ1) is 13.0. The lowest BCUT2D eigenvalue weighted by Gasteiger charge is -2.35. The highest BCUT2D eigenvalue weighted by Gasteiger charge is 2.31. The van der Waals surface area contributed by atoms with E-state index < -0.39 is 0 Å². The van der Waals surface area contributed by atoms with Crippen LogP contribution in [0.15, 0.2) is 0 Å². The summed E-state index contributed by atoms with van der Waals surface area (Å²) in [5.41, 5.74) is 0. The quantitative estimate of drug-likeness (QED) is 0.686. The largest absolute Gasteiger partial charge is 0.378 e. The van der Waals surface area contributed by atoms with Gasteiger partial charge in [0.05, 0.1) is 0 Å². The number of aliphatic hydroxyl groups excluding tert-OH is 1. The summed E-state index contributed by atoms with van der Waals surface area (Å²) in [7, 11) is 0. The molecule has 0 aromatic rings. The number of hydrogen-bond acceptors (Lipinski definition) is 2. The highest BCUT2D eigenvalue weighted by molar-refractivity contribution is 4.83. The van der Waals surface area contributed by atoms with Crippen molar-refractivity contribution in [2.24, 2.45) is 5.92 Å². The van der Waals surface area contributed by atoms with Crippen molar-refractivity contribution >= 4 is 0 Å². The highest BCUT2D eigenvalue weighted by atomic mass is 16.3. The van der Waals surface area contributed by atoms with Crippen LogP contribution in [0.5, 0.6) is 0 Å². The molecule has 0 spiro atoms. The van der Waals surface area contributed by atoms with Gasteiger partial charge in [-0.2, -0.15) is 0 Å². The first-order valence-corrected chi connectivity index (χ1v) is 6.64. The summed E-state index contributed by atoms with van der Waals surface area (Å²) in [6.07, 6.45) is 7.01. The zero-order valence-electron chi connectivity index (χ0n) is 10.6. The van der Waals surface area contributed by atoms with Crippen molar-refractivity contribution in [3.05, 3.63) is 0 Å². The van der Waals surface area contributed by atoms with E-state index in [1.807, 2.05) is 0 Å². The Hall–Kier alpha value is -0.0800. The van der Waals surface area contributed by atoms with Crippen molar-refractivity contribution in [2.75, 3.05) is 6.54 Å². The zero-order valence-corrected chi connectivity index (χ0v) is 10.6. The molecule has 2 heteroatoms. The van der Waals surface area contributed by atoms with Crippen molar-refractivity contribution in [2.45, 2.75) is 71.6 Å². The maximum absolute atomic E-state index is 10.0. The molecular formula is C13H27NO. The van der Waals surface area contributed by atoms with Crippen LogP contribution in [-0.2, 0) is 0 Å². The van der Waals surface area contributed by atoms with Crippen molar-refractivity contribution in [1.82, 2.24) is 4.90 Å². The van der Waals surface area contributed by atoms with Crippen LogP contribution in [-0.4, -0.2) is 28.8 Å². The Morgan fingerprint density at radius 3 is 2.53 bits per heavy atom. The molecule has 0 aromatic carbocycles. The predicted octanol–water partition coefficient (Wildman–Crippen LogP) is 3.01. The molecule has 0 heterocycles. The Kier molecular flexibility index (Phi) is 5.62. The van der Waals surface area contributed by atoms with Crippen LogP contribution < -0.4 is 0 Å². The third-order valence-corrected chi connectivity index (χ3v) is 3.76. The number of hydrogen-bond donors (Lipinski definition) is 1. The van der Waals surface area contributed by atoms with Gasteiger partial charge >= 0.3 is 0 Å². The molecule has 1 saturated carbocycles. The second kappa shape index (κ2) is 6.49. The van der Waals surface area contributed by atoms with Gasteiger partial charge in [0.2, 0.25) is 0 Å². The molecule has 0 aliphatic heterocycles. The van der Waals surface area contributed by atoms with Gasteiger partial charge in [-0.15, -0.1) is 0 Å². The highest BCUT2D eigenvalue weighted by Crippen LogP contribution is 2.31. The molecule has 0 radical (unpaired) electrons. The van der Waals surface area contributed by atoms with Crippen LogP contribution in [0.2, 0.25) is 0 Å². The summed E-state index contributed by atoms with van der Waals surface area (Å²) in [5, 5.41) is 10.0. The molecule has 0 bridgehead atoms. The fourth-order valence-corrected chi connectivity index (χ4v) is 2.73. The summed E-state index contributed by atoms with van der Waals surface area (Å²) < 4.78 is 0. The fraction of sp³-hybridized carbons (Fsp3) is 1.00. The van der Waals surface area contributed by atoms with Gasteiger partial charge in [-0.05, 0) is 31.6 Å². The molecule has 90 valence electrons. The van der Waals surface area contributed by atoms with Crippen LogP contribution in [0.3, 0.4) is 0 Å². The third kappa shape index (κ3) is 3.46. The minimum Gasteiger partial charge on any atom is -0.378 e. The van der Waals surface area contributed by atoms with E-state index in [2.05, 4.69) is 25.7 Å². The van der Waals surface area contributed by atoms with Gasteiger partial charge in [0, 0.05) is 12.6 Å². The van der Waals surface area contributed by atoms with E-state index in [-0.39, 0.29) is 6.23 Å². The Labute approximate surface area is 94.7 Å². The summed E-state index contributed by atoms with van der Waals surface area (Å²) >= 11 is 0. The van der Waals surface area contributed by atoms with Gasteiger partial charge in [0.15, 0.2) is 0 Å². The molecule has 1 fully saturated rings. The first-order valence-electron chi connectivity index (χ1n) is 6.64. The van der Waals surface area contributed by atoms with Gasteiger partial charge in [-0.1, -0.05) is 33.6 Å². The van der Waals surface area contributed by atoms with E-state index >= 15 is 0 Å². The Bertz CT molecular complexity index is 172. The van der Waals surface area contributed by atoms with E-state index in [9.17, 15) is 5.11 Å². The van der Waals surface area contributed by atoms with E-state index in [1.54, 1.807) is 0 Å². The van der Waals surface area contributed by atoms with Crippen LogP contribution in [0.4, 0.5) is 0 Å². The topological polar surface area (TPSA) is 23.5 Å². The lowest BCUT2D eigenvalue weighted by molar-refractivity contribution is -0.0361. The Balaban J connectivity index is 2.53. The minimum absolute atomic E-state index is 0.220.